The highest BCUT2D eigenvalue weighted by Gasteiger charge is 2.13. The fraction of sp³-hybridized carbons (Fsp3) is 0.0556. The molecule has 0 fully saturated rings. The lowest BCUT2D eigenvalue weighted by Gasteiger charge is -2.01. The Morgan fingerprint density at radius 3 is 2.76 bits per heavy atom. The fourth-order valence-corrected chi connectivity index (χ4v) is 3.55. The van der Waals surface area contributed by atoms with Crippen LogP contribution in [0.15, 0.2) is 68.9 Å². The molecule has 0 aliphatic heterocycles. The van der Waals surface area contributed by atoms with E-state index in [1.165, 1.54) is 17.4 Å². The Hall–Kier alpha value is -3.19. The molecule has 0 radical (unpaired) electrons. The van der Waals surface area contributed by atoms with E-state index in [4.69, 9.17) is 4.42 Å². The number of carbonyl (C=O) groups is 1. The molecular weight excluding hydrogens is 338 g/mol. The van der Waals surface area contributed by atoms with Gasteiger partial charge in [-0.25, -0.2) is 10.2 Å². The highest BCUT2D eigenvalue weighted by Crippen LogP contribution is 2.15. The van der Waals surface area contributed by atoms with Crippen molar-refractivity contribution in [1.82, 2.24) is 9.99 Å². The summed E-state index contributed by atoms with van der Waals surface area (Å²) in [7, 11) is 1.87. The average Bonchev–Trinajstić information content (AvgIpc) is 2.95. The van der Waals surface area contributed by atoms with Crippen LogP contribution in [-0.4, -0.2) is 10.5 Å². The molecule has 2 aromatic heterocycles. The summed E-state index contributed by atoms with van der Waals surface area (Å²) in [4.78, 5) is 25.0. The second kappa shape index (κ2) is 6.03. The highest BCUT2D eigenvalue weighted by molar-refractivity contribution is 7.16. The number of para-hydroxylation sites is 2. The van der Waals surface area contributed by atoms with Crippen LogP contribution in [0.1, 0.15) is 10.4 Å². The number of thiazole rings is 1. The predicted octanol–water partition coefficient (Wildman–Crippen LogP) is 2.59. The molecule has 1 N–H and O–H groups in total. The van der Waals surface area contributed by atoms with Crippen LogP contribution in [0.5, 0.6) is 0 Å². The molecule has 1 amide bonds. The molecule has 0 atom stereocenters. The van der Waals surface area contributed by atoms with Crippen LogP contribution in [0.4, 0.5) is 0 Å². The summed E-state index contributed by atoms with van der Waals surface area (Å²) in [6.45, 7) is 0. The van der Waals surface area contributed by atoms with E-state index in [0.29, 0.717) is 15.8 Å². The number of aryl methyl sites for hydroxylation is 1. The van der Waals surface area contributed by atoms with Gasteiger partial charge in [-0.05, 0) is 24.3 Å². The van der Waals surface area contributed by atoms with Gasteiger partial charge in [0.05, 0.1) is 10.2 Å². The van der Waals surface area contributed by atoms with E-state index in [0.717, 1.165) is 10.2 Å². The summed E-state index contributed by atoms with van der Waals surface area (Å²) in [6, 6.07) is 16.4. The maximum atomic E-state index is 12.3. The largest absolute Gasteiger partial charge is 0.422 e. The number of rotatable bonds is 2. The first-order valence-electron chi connectivity index (χ1n) is 7.55. The first-order valence-corrected chi connectivity index (χ1v) is 8.36. The van der Waals surface area contributed by atoms with Crippen molar-refractivity contribution in [1.29, 1.82) is 0 Å². The molecule has 0 saturated carbocycles. The Balaban J connectivity index is 1.71. The van der Waals surface area contributed by atoms with E-state index in [-0.39, 0.29) is 5.56 Å². The molecule has 0 bridgehead atoms. The third-order valence-corrected chi connectivity index (χ3v) is 4.97. The number of hydrogen-bond acceptors (Lipinski definition) is 5. The van der Waals surface area contributed by atoms with Gasteiger partial charge in [-0.15, -0.1) is 5.10 Å². The van der Waals surface area contributed by atoms with Crippen LogP contribution in [-0.2, 0) is 7.05 Å². The van der Waals surface area contributed by atoms with Gasteiger partial charge in [-0.1, -0.05) is 41.7 Å². The summed E-state index contributed by atoms with van der Waals surface area (Å²) in [6.07, 6.45) is 0. The van der Waals surface area contributed by atoms with Crippen molar-refractivity contribution >= 4 is 38.4 Å². The summed E-state index contributed by atoms with van der Waals surface area (Å²) in [5.41, 5.74) is 3.13. The Morgan fingerprint density at radius 2 is 1.92 bits per heavy atom. The molecule has 2 heterocycles. The quantitative estimate of drug-likeness (QED) is 0.445. The van der Waals surface area contributed by atoms with Gasteiger partial charge in [0.1, 0.15) is 11.1 Å². The number of amides is 1. The smallest absolute Gasteiger partial charge is 0.349 e. The van der Waals surface area contributed by atoms with E-state index in [9.17, 15) is 9.59 Å². The van der Waals surface area contributed by atoms with Crippen LogP contribution < -0.4 is 15.9 Å². The molecule has 7 heteroatoms. The van der Waals surface area contributed by atoms with Gasteiger partial charge in [-0.3, -0.25) is 4.79 Å². The second-order valence-electron chi connectivity index (χ2n) is 5.45. The number of carbonyl (C=O) groups excluding carboxylic acids is 1. The zero-order chi connectivity index (χ0) is 17.4. The van der Waals surface area contributed by atoms with E-state index < -0.39 is 11.5 Å². The van der Waals surface area contributed by atoms with Gasteiger partial charge in [0.15, 0.2) is 0 Å². The predicted molar refractivity (Wildman–Crippen MR) is 96.3 cm³/mol. The van der Waals surface area contributed by atoms with Crippen molar-refractivity contribution in [2.24, 2.45) is 12.1 Å². The van der Waals surface area contributed by atoms with Crippen molar-refractivity contribution in [3.63, 3.8) is 0 Å². The van der Waals surface area contributed by atoms with Gasteiger partial charge < -0.3 is 8.98 Å². The topological polar surface area (TPSA) is 76.6 Å². The molecular formula is C18H13N3O3S. The van der Waals surface area contributed by atoms with Crippen LogP contribution >= 0.6 is 11.3 Å². The van der Waals surface area contributed by atoms with Gasteiger partial charge >= 0.3 is 5.63 Å². The molecule has 0 aliphatic rings. The SMILES string of the molecule is Cn1/c(=N\NC(=O)c2cc3ccccc3oc2=O)sc2ccccc21. The van der Waals surface area contributed by atoms with Crippen LogP contribution in [0.25, 0.3) is 21.2 Å². The van der Waals surface area contributed by atoms with Crippen molar-refractivity contribution in [2.45, 2.75) is 0 Å². The van der Waals surface area contributed by atoms with E-state index in [1.807, 2.05) is 41.9 Å². The number of nitrogens with zero attached hydrogens (tertiary/aromatic N) is 2. The molecule has 0 unspecified atom stereocenters. The van der Waals surface area contributed by atoms with Gasteiger partial charge in [0, 0.05) is 12.4 Å². The zero-order valence-corrected chi connectivity index (χ0v) is 14.0. The molecule has 0 spiro atoms. The highest BCUT2D eigenvalue weighted by atomic mass is 32.1. The molecule has 0 saturated heterocycles. The van der Waals surface area contributed by atoms with Crippen molar-refractivity contribution in [3.05, 3.63) is 75.4 Å². The Kier molecular flexibility index (Phi) is 3.70. The minimum absolute atomic E-state index is 0.0776. The summed E-state index contributed by atoms with van der Waals surface area (Å²) >= 11 is 1.45. The number of nitrogens with one attached hydrogen (secondary N) is 1. The number of benzene rings is 2. The first kappa shape index (κ1) is 15.3. The standard InChI is InChI=1S/C18H13N3O3S/c1-21-13-7-3-5-9-15(13)25-18(21)20-19-16(22)12-10-11-6-2-4-8-14(11)24-17(12)23/h2-10H,1H3,(H,19,22)/b20-18+. The maximum absolute atomic E-state index is 12.3. The molecule has 4 aromatic rings. The molecule has 124 valence electrons. The second-order valence-corrected chi connectivity index (χ2v) is 6.46. The Morgan fingerprint density at radius 1 is 1.16 bits per heavy atom. The molecule has 4 rings (SSSR count). The lowest BCUT2D eigenvalue weighted by molar-refractivity contribution is 0.0949. The fourth-order valence-electron chi connectivity index (χ4n) is 2.57. The normalized spacial score (nSPS) is 12.0. The van der Waals surface area contributed by atoms with Crippen molar-refractivity contribution in [2.75, 3.05) is 0 Å². The van der Waals surface area contributed by atoms with E-state index >= 15 is 0 Å². The number of fused-ring (bicyclic) bond motifs is 2. The molecule has 0 aliphatic carbocycles. The zero-order valence-electron chi connectivity index (χ0n) is 13.2. The van der Waals surface area contributed by atoms with E-state index in [2.05, 4.69) is 10.5 Å². The summed E-state index contributed by atoms with van der Waals surface area (Å²) in [5.74, 6) is -0.600. The van der Waals surface area contributed by atoms with Gasteiger partial charge in [0.25, 0.3) is 5.91 Å². The van der Waals surface area contributed by atoms with Crippen LogP contribution in [0.3, 0.4) is 0 Å². The van der Waals surface area contributed by atoms with Crippen molar-refractivity contribution < 1.29 is 9.21 Å². The lowest BCUT2D eigenvalue weighted by atomic mass is 10.2. The number of aromatic nitrogens is 1. The average molecular weight is 351 g/mol. The lowest BCUT2D eigenvalue weighted by Crippen LogP contribution is -2.27. The maximum Gasteiger partial charge on any atom is 0.349 e. The Labute approximate surface area is 145 Å². The van der Waals surface area contributed by atoms with Gasteiger partial charge in [-0.2, -0.15) is 0 Å². The van der Waals surface area contributed by atoms with E-state index in [1.54, 1.807) is 18.2 Å². The Bertz CT molecular complexity index is 1230. The molecule has 6 nitrogen and oxygen atoms in total. The summed E-state index contributed by atoms with van der Waals surface area (Å²) in [5, 5.41) is 4.82. The van der Waals surface area contributed by atoms with Crippen molar-refractivity contribution in [3.8, 4) is 0 Å². The monoisotopic (exact) mass is 351 g/mol. The van der Waals surface area contributed by atoms with Crippen LogP contribution in [0, 0.1) is 0 Å². The van der Waals surface area contributed by atoms with Gasteiger partial charge in [0.2, 0.25) is 4.80 Å². The number of hydrogen-bond donors (Lipinski definition) is 1. The minimum Gasteiger partial charge on any atom is -0.422 e. The minimum atomic E-state index is -0.688. The molecule has 25 heavy (non-hydrogen) atoms. The first-order chi connectivity index (χ1) is 12.1. The molecule has 2 aromatic carbocycles. The summed E-state index contributed by atoms with van der Waals surface area (Å²) < 4.78 is 8.11. The third kappa shape index (κ3) is 2.74. The van der Waals surface area contributed by atoms with Crippen LogP contribution in [0.2, 0.25) is 0 Å². The third-order valence-electron chi connectivity index (χ3n) is 3.85.